The van der Waals surface area contributed by atoms with Gasteiger partial charge in [0.25, 0.3) is 5.91 Å². The molecule has 1 aromatic carbocycles. The first-order valence-corrected chi connectivity index (χ1v) is 8.62. The van der Waals surface area contributed by atoms with Gasteiger partial charge in [0.2, 0.25) is 5.91 Å². The van der Waals surface area contributed by atoms with Crippen molar-refractivity contribution in [2.75, 3.05) is 38.1 Å². The summed E-state index contributed by atoms with van der Waals surface area (Å²) < 4.78 is 4.97. The van der Waals surface area contributed by atoms with Crippen molar-refractivity contribution in [1.82, 2.24) is 9.80 Å². The maximum atomic E-state index is 12.8. The summed E-state index contributed by atoms with van der Waals surface area (Å²) in [5.74, 6) is -0.560. The summed E-state index contributed by atoms with van der Waals surface area (Å²) in [6.45, 7) is 5.29. The second-order valence-corrected chi connectivity index (χ2v) is 6.28. The monoisotopic (exact) mass is 367 g/mol. The Morgan fingerprint density at radius 1 is 1.16 bits per heavy atom. The van der Waals surface area contributed by atoms with Gasteiger partial charge in [-0.25, -0.2) is 4.79 Å². The molecule has 2 rings (SSSR count). The minimum Gasteiger partial charge on any atom is -0.450 e. The van der Waals surface area contributed by atoms with Gasteiger partial charge in [-0.15, -0.1) is 11.6 Å². The zero-order chi connectivity index (χ0) is 18.4. The van der Waals surface area contributed by atoms with Crippen LogP contribution in [0.3, 0.4) is 0 Å². The highest BCUT2D eigenvalue weighted by molar-refractivity contribution is 6.32. The van der Waals surface area contributed by atoms with Gasteiger partial charge in [0, 0.05) is 26.2 Å². The molecule has 1 fully saturated rings. The number of para-hydroxylation sites is 1. The van der Waals surface area contributed by atoms with Crippen LogP contribution in [0.15, 0.2) is 24.3 Å². The highest BCUT2D eigenvalue weighted by atomic mass is 35.5. The number of carbonyl (C=O) groups is 3. The van der Waals surface area contributed by atoms with E-state index in [0.29, 0.717) is 44.0 Å². The number of hydrogen-bond acceptors (Lipinski definition) is 4. The van der Waals surface area contributed by atoms with Gasteiger partial charge in [0.15, 0.2) is 0 Å². The van der Waals surface area contributed by atoms with Crippen LogP contribution in [0.4, 0.5) is 10.5 Å². The van der Waals surface area contributed by atoms with Crippen molar-refractivity contribution in [1.29, 1.82) is 0 Å². The average Bonchev–Trinajstić information content (AvgIpc) is 2.62. The van der Waals surface area contributed by atoms with Crippen molar-refractivity contribution in [3.05, 3.63) is 29.8 Å². The Hall–Kier alpha value is -2.28. The maximum absolute atomic E-state index is 12.8. The van der Waals surface area contributed by atoms with Crippen LogP contribution in [0.5, 0.6) is 0 Å². The van der Waals surface area contributed by atoms with Crippen LogP contribution < -0.4 is 5.32 Å². The molecular formula is C17H22ClN3O4. The van der Waals surface area contributed by atoms with Crippen LogP contribution in [0.1, 0.15) is 24.2 Å². The summed E-state index contributed by atoms with van der Waals surface area (Å²) in [6, 6.07) is 6.81. The summed E-state index contributed by atoms with van der Waals surface area (Å²) in [7, 11) is 0. The third kappa shape index (κ3) is 4.85. The zero-order valence-corrected chi connectivity index (χ0v) is 15.1. The Bertz CT molecular complexity index is 643. The molecule has 3 amide bonds. The minimum absolute atomic E-state index is 0.193. The molecule has 8 heteroatoms. The van der Waals surface area contributed by atoms with Gasteiger partial charge in [-0.3, -0.25) is 9.59 Å². The maximum Gasteiger partial charge on any atom is 0.409 e. The van der Waals surface area contributed by atoms with Gasteiger partial charge in [0.05, 0.1) is 17.9 Å². The number of ether oxygens (including phenoxy) is 1. The van der Waals surface area contributed by atoms with E-state index in [9.17, 15) is 14.4 Å². The van der Waals surface area contributed by atoms with Gasteiger partial charge in [-0.05, 0) is 26.0 Å². The van der Waals surface area contributed by atoms with Gasteiger partial charge in [-0.2, -0.15) is 0 Å². The first-order chi connectivity index (χ1) is 11.9. The van der Waals surface area contributed by atoms with Crippen molar-refractivity contribution in [2.45, 2.75) is 19.2 Å². The Morgan fingerprint density at radius 3 is 2.36 bits per heavy atom. The smallest absolute Gasteiger partial charge is 0.409 e. The lowest BCUT2D eigenvalue weighted by Gasteiger charge is -2.34. The quantitative estimate of drug-likeness (QED) is 0.827. The van der Waals surface area contributed by atoms with Crippen LogP contribution in [0.2, 0.25) is 0 Å². The van der Waals surface area contributed by atoms with Gasteiger partial charge >= 0.3 is 6.09 Å². The van der Waals surface area contributed by atoms with E-state index in [1.54, 1.807) is 47.9 Å². The fourth-order valence-corrected chi connectivity index (χ4v) is 2.54. The fraction of sp³-hybridized carbons (Fsp3) is 0.471. The first kappa shape index (κ1) is 19.1. The van der Waals surface area contributed by atoms with Crippen LogP contribution in [0, 0.1) is 0 Å². The highest BCUT2D eigenvalue weighted by Gasteiger charge is 2.27. The molecule has 25 heavy (non-hydrogen) atoms. The first-order valence-electron chi connectivity index (χ1n) is 8.19. The number of nitrogens with zero attached hydrogens (tertiary/aromatic N) is 2. The second-order valence-electron chi connectivity index (χ2n) is 5.63. The van der Waals surface area contributed by atoms with E-state index in [1.165, 1.54) is 0 Å². The van der Waals surface area contributed by atoms with Gasteiger partial charge < -0.3 is 19.9 Å². The largest absolute Gasteiger partial charge is 0.450 e. The molecule has 7 nitrogen and oxygen atoms in total. The van der Waals surface area contributed by atoms with Crippen molar-refractivity contribution in [3.63, 3.8) is 0 Å². The highest BCUT2D eigenvalue weighted by Crippen LogP contribution is 2.19. The molecule has 1 saturated heterocycles. The van der Waals surface area contributed by atoms with E-state index < -0.39 is 5.38 Å². The Labute approximate surface area is 151 Å². The number of benzene rings is 1. The third-order valence-electron chi connectivity index (χ3n) is 3.87. The van der Waals surface area contributed by atoms with Crippen LogP contribution in [0.25, 0.3) is 0 Å². The van der Waals surface area contributed by atoms with Crippen molar-refractivity contribution >= 4 is 35.2 Å². The standard InChI is InChI=1S/C17H22ClN3O4/c1-3-25-17(24)21-10-8-20(9-11-21)16(23)13-6-4-5-7-14(13)19-15(22)12(2)18/h4-7,12H,3,8-11H2,1-2H3,(H,19,22)/t12-/m0/s1. The number of carbonyl (C=O) groups excluding carboxylic acids is 3. The van der Waals surface area contributed by atoms with Crippen molar-refractivity contribution in [3.8, 4) is 0 Å². The van der Waals surface area contributed by atoms with Crippen LogP contribution in [-0.4, -0.2) is 65.9 Å². The molecule has 0 aliphatic carbocycles. The third-order valence-corrected chi connectivity index (χ3v) is 4.07. The molecule has 1 N–H and O–H groups in total. The van der Waals surface area contributed by atoms with E-state index in [2.05, 4.69) is 5.32 Å². The number of hydrogen-bond donors (Lipinski definition) is 1. The molecular weight excluding hydrogens is 346 g/mol. The summed E-state index contributed by atoms with van der Waals surface area (Å²) in [5.41, 5.74) is 0.829. The second kappa shape index (κ2) is 8.71. The average molecular weight is 368 g/mol. The normalized spacial score (nSPS) is 15.5. The van der Waals surface area contributed by atoms with E-state index in [-0.39, 0.29) is 17.9 Å². The molecule has 0 unspecified atom stereocenters. The molecule has 0 aromatic heterocycles. The predicted molar refractivity (Wildman–Crippen MR) is 94.9 cm³/mol. The number of anilines is 1. The number of halogens is 1. The zero-order valence-electron chi connectivity index (χ0n) is 14.3. The fourth-order valence-electron chi connectivity index (χ4n) is 2.49. The number of amides is 3. The molecule has 1 heterocycles. The summed E-state index contributed by atoms with van der Waals surface area (Å²) in [5, 5.41) is 1.97. The number of piperazine rings is 1. The van der Waals surface area contributed by atoms with E-state index in [4.69, 9.17) is 16.3 Å². The van der Waals surface area contributed by atoms with E-state index in [1.807, 2.05) is 0 Å². The Balaban J connectivity index is 2.04. The van der Waals surface area contributed by atoms with Gasteiger partial charge in [0.1, 0.15) is 5.38 Å². The van der Waals surface area contributed by atoms with Crippen molar-refractivity contribution < 1.29 is 19.1 Å². The lowest BCUT2D eigenvalue weighted by Crippen LogP contribution is -2.50. The molecule has 1 aliphatic heterocycles. The Morgan fingerprint density at radius 2 is 1.76 bits per heavy atom. The molecule has 1 aromatic rings. The molecule has 0 saturated carbocycles. The number of alkyl halides is 1. The number of rotatable bonds is 4. The number of nitrogens with one attached hydrogen (secondary N) is 1. The molecule has 1 atom stereocenters. The van der Waals surface area contributed by atoms with Gasteiger partial charge in [-0.1, -0.05) is 12.1 Å². The molecule has 136 valence electrons. The lowest BCUT2D eigenvalue weighted by atomic mass is 10.1. The van der Waals surface area contributed by atoms with E-state index in [0.717, 1.165) is 0 Å². The SMILES string of the molecule is CCOC(=O)N1CCN(C(=O)c2ccccc2NC(=O)[C@H](C)Cl)CC1. The molecule has 0 radical (unpaired) electrons. The lowest BCUT2D eigenvalue weighted by molar-refractivity contribution is -0.115. The molecule has 1 aliphatic rings. The summed E-state index contributed by atoms with van der Waals surface area (Å²) in [6.07, 6.45) is -0.363. The van der Waals surface area contributed by atoms with Crippen LogP contribution in [-0.2, 0) is 9.53 Å². The topological polar surface area (TPSA) is 79.0 Å². The van der Waals surface area contributed by atoms with E-state index >= 15 is 0 Å². The minimum atomic E-state index is -0.698. The predicted octanol–water partition coefficient (Wildman–Crippen LogP) is 2.17. The molecule has 0 spiro atoms. The summed E-state index contributed by atoms with van der Waals surface area (Å²) in [4.78, 5) is 39.6. The molecule has 0 bridgehead atoms. The Kier molecular flexibility index (Phi) is 6.64. The summed E-state index contributed by atoms with van der Waals surface area (Å²) >= 11 is 5.77. The van der Waals surface area contributed by atoms with Crippen molar-refractivity contribution in [2.24, 2.45) is 0 Å². The van der Waals surface area contributed by atoms with Crippen LogP contribution >= 0.6 is 11.6 Å².